The quantitative estimate of drug-likeness (QED) is 0.658. The SMILES string of the molecule is Cc1ccc(C)c(C(=O)OC(c2ccccc2)c2ccccn2)c1. The lowest BCUT2D eigenvalue weighted by atomic mass is 10.0. The van der Waals surface area contributed by atoms with E-state index >= 15 is 0 Å². The highest BCUT2D eigenvalue weighted by Crippen LogP contribution is 2.26. The van der Waals surface area contributed by atoms with Crippen LogP contribution in [0.15, 0.2) is 72.9 Å². The normalized spacial score (nSPS) is 11.8. The number of nitrogens with zero attached hydrogens (tertiary/aromatic N) is 1. The van der Waals surface area contributed by atoms with Crippen LogP contribution in [0, 0.1) is 13.8 Å². The molecule has 3 nitrogen and oxygen atoms in total. The molecule has 24 heavy (non-hydrogen) atoms. The van der Waals surface area contributed by atoms with Crippen LogP contribution < -0.4 is 0 Å². The first-order chi connectivity index (χ1) is 11.6. The molecule has 0 amide bonds. The minimum Gasteiger partial charge on any atom is -0.447 e. The van der Waals surface area contributed by atoms with E-state index in [0.717, 1.165) is 16.7 Å². The molecule has 3 heteroatoms. The fourth-order valence-corrected chi connectivity index (χ4v) is 2.58. The summed E-state index contributed by atoms with van der Waals surface area (Å²) in [6.07, 6.45) is 1.18. The van der Waals surface area contributed by atoms with Crippen LogP contribution in [0.25, 0.3) is 0 Å². The van der Waals surface area contributed by atoms with E-state index in [1.165, 1.54) is 0 Å². The fraction of sp³-hybridized carbons (Fsp3) is 0.143. The molecular weight excluding hydrogens is 298 g/mol. The van der Waals surface area contributed by atoms with Gasteiger partial charge in [-0.1, -0.05) is 54.1 Å². The number of aryl methyl sites for hydroxylation is 2. The van der Waals surface area contributed by atoms with Gasteiger partial charge < -0.3 is 4.74 Å². The number of pyridine rings is 1. The summed E-state index contributed by atoms with van der Waals surface area (Å²) < 4.78 is 5.84. The Bertz CT molecular complexity index is 789. The van der Waals surface area contributed by atoms with Crippen LogP contribution in [-0.4, -0.2) is 11.0 Å². The van der Waals surface area contributed by atoms with Gasteiger partial charge in [0.25, 0.3) is 0 Å². The van der Waals surface area contributed by atoms with Crippen molar-refractivity contribution in [1.82, 2.24) is 4.98 Å². The molecule has 2 aromatic carbocycles. The summed E-state index contributed by atoms with van der Waals surface area (Å²) in [6.45, 7) is 3.87. The van der Waals surface area contributed by atoms with Crippen molar-refractivity contribution >= 4 is 5.97 Å². The van der Waals surface area contributed by atoms with E-state index in [2.05, 4.69) is 4.98 Å². The van der Waals surface area contributed by atoms with Gasteiger partial charge in [-0.3, -0.25) is 4.98 Å². The first-order valence-corrected chi connectivity index (χ1v) is 7.89. The van der Waals surface area contributed by atoms with Crippen molar-refractivity contribution in [1.29, 1.82) is 0 Å². The van der Waals surface area contributed by atoms with Crippen molar-refractivity contribution in [2.45, 2.75) is 20.0 Å². The zero-order chi connectivity index (χ0) is 16.9. The van der Waals surface area contributed by atoms with E-state index in [4.69, 9.17) is 4.74 Å². The smallest absolute Gasteiger partial charge is 0.339 e. The van der Waals surface area contributed by atoms with E-state index < -0.39 is 6.10 Å². The number of ether oxygens (including phenoxy) is 1. The molecule has 1 heterocycles. The molecule has 0 aliphatic heterocycles. The maximum Gasteiger partial charge on any atom is 0.339 e. The lowest BCUT2D eigenvalue weighted by Crippen LogP contribution is -2.15. The zero-order valence-electron chi connectivity index (χ0n) is 13.8. The predicted molar refractivity (Wildman–Crippen MR) is 93.9 cm³/mol. The first-order valence-electron chi connectivity index (χ1n) is 7.89. The minimum absolute atomic E-state index is 0.337. The maximum atomic E-state index is 12.7. The molecule has 0 aliphatic rings. The van der Waals surface area contributed by atoms with Crippen molar-refractivity contribution < 1.29 is 9.53 Å². The third kappa shape index (κ3) is 3.51. The molecular formula is C21H19NO2. The average molecular weight is 317 g/mol. The Morgan fingerprint density at radius 3 is 2.42 bits per heavy atom. The van der Waals surface area contributed by atoms with Crippen molar-refractivity contribution in [2.24, 2.45) is 0 Å². The van der Waals surface area contributed by atoms with Crippen LogP contribution in [0.3, 0.4) is 0 Å². The Morgan fingerprint density at radius 1 is 0.958 bits per heavy atom. The molecule has 1 unspecified atom stereocenters. The third-order valence-electron chi connectivity index (χ3n) is 3.90. The van der Waals surface area contributed by atoms with Crippen LogP contribution in [0.1, 0.15) is 38.8 Å². The fourth-order valence-electron chi connectivity index (χ4n) is 2.58. The maximum absolute atomic E-state index is 12.7. The Morgan fingerprint density at radius 2 is 1.71 bits per heavy atom. The van der Waals surface area contributed by atoms with Gasteiger partial charge in [-0.25, -0.2) is 4.79 Å². The Kier molecular flexibility index (Phi) is 4.71. The Labute approximate surface area is 142 Å². The van der Waals surface area contributed by atoms with Gasteiger partial charge in [0.15, 0.2) is 6.10 Å². The summed E-state index contributed by atoms with van der Waals surface area (Å²) in [4.78, 5) is 17.1. The van der Waals surface area contributed by atoms with E-state index in [1.807, 2.05) is 80.6 Å². The molecule has 1 atom stereocenters. The van der Waals surface area contributed by atoms with Gasteiger partial charge >= 0.3 is 5.97 Å². The highest BCUT2D eigenvalue weighted by Gasteiger charge is 2.22. The number of hydrogen-bond donors (Lipinski definition) is 0. The van der Waals surface area contributed by atoms with Crippen LogP contribution in [0.5, 0.6) is 0 Å². The summed E-state index contributed by atoms with van der Waals surface area (Å²) in [6, 6.07) is 21.1. The molecule has 0 spiro atoms. The second-order valence-corrected chi connectivity index (χ2v) is 5.77. The van der Waals surface area contributed by atoms with Crippen LogP contribution >= 0.6 is 0 Å². The van der Waals surface area contributed by atoms with E-state index in [-0.39, 0.29) is 5.97 Å². The van der Waals surface area contributed by atoms with Gasteiger partial charge in [-0.15, -0.1) is 0 Å². The number of benzene rings is 2. The van der Waals surface area contributed by atoms with E-state index in [0.29, 0.717) is 11.3 Å². The molecule has 0 fully saturated rings. The predicted octanol–water partition coefficient (Wildman–Crippen LogP) is 4.64. The molecule has 0 saturated heterocycles. The van der Waals surface area contributed by atoms with Gasteiger partial charge in [0.1, 0.15) is 0 Å². The number of hydrogen-bond acceptors (Lipinski definition) is 3. The largest absolute Gasteiger partial charge is 0.447 e. The summed E-state index contributed by atoms with van der Waals surface area (Å²) in [5.41, 5.74) is 4.13. The minimum atomic E-state index is -0.528. The topological polar surface area (TPSA) is 39.2 Å². The number of rotatable bonds is 4. The van der Waals surface area contributed by atoms with E-state index in [1.54, 1.807) is 6.20 Å². The number of esters is 1. The van der Waals surface area contributed by atoms with Crippen molar-refractivity contribution in [3.05, 3.63) is 101 Å². The molecule has 0 radical (unpaired) electrons. The third-order valence-corrected chi connectivity index (χ3v) is 3.90. The molecule has 3 rings (SSSR count). The van der Waals surface area contributed by atoms with Crippen molar-refractivity contribution in [3.63, 3.8) is 0 Å². The molecule has 120 valence electrons. The molecule has 0 saturated carbocycles. The highest BCUT2D eigenvalue weighted by atomic mass is 16.5. The van der Waals surface area contributed by atoms with Gasteiger partial charge in [-0.05, 0) is 43.2 Å². The monoisotopic (exact) mass is 317 g/mol. The van der Waals surface area contributed by atoms with Gasteiger partial charge in [0, 0.05) is 6.20 Å². The molecule has 0 aliphatic carbocycles. The summed E-state index contributed by atoms with van der Waals surface area (Å²) >= 11 is 0. The van der Waals surface area contributed by atoms with Gasteiger partial charge in [-0.2, -0.15) is 0 Å². The Balaban J connectivity index is 1.95. The number of aromatic nitrogens is 1. The van der Waals surface area contributed by atoms with Gasteiger partial charge in [0.2, 0.25) is 0 Å². The highest BCUT2D eigenvalue weighted by molar-refractivity contribution is 5.91. The van der Waals surface area contributed by atoms with Crippen LogP contribution in [0.2, 0.25) is 0 Å². The van der Waals surface area contributed by atoms with E-state index in [9.17, 15) is 4.79 Å². The van der Waals surface area contributed by atoms with Crippen LogP contribution in [-0.2, 0) is 4.74 Å². The number of carbonyl (C=O) groups excluding carboxylic acids is 1. The second-order valence-electron chi connectivity index (χ2n) is 5.77. The summed E-state index contributed by atoms with van der Waals surface area (Å²) in [5, 5.41) is 0. The van der Waals surface area contributed by atoms with Crippen molar-refractivity contribution in [2.75, 3.05) is 0 Å². The zero-order valence-corrected chi connectivity index (χ0v) is 13.8. The summed E-state index contributed by atoms with van der Waals surface area (Å²) in [5.74, 6) is -0.337. The second kappa shape index (κ2) is 7.09. The lowest BCUT2D eigenvalue weighted by molar-refractivity contribution is 0.0369. The standard InChI is InChI=1S/C21H19NO2/c1-15-11-12-16(2)18(14-15)21(23)24-20(17-8-4-3-5-9-17)19-10-6-7-13-22-19/h3-14,20H,1-2H3. The first kappa shape index (κ1) is 15.9. The van der Waals surface area contributed by atoms with Crippen LogP contribution in [0.4, 0.5) is 0 Å². The summed E-state index contributed by atoms with van der Waals surface area (Å²) in [7, 11) is 0. The molecule has 0 N–H and O–H groups in total. The molecule has 3 aromatic rings. The molecule has 0 bridgehead atoms. The Hall–Kier alpha value is -2.94. The lowest BCUT2D eigenvalue weighted by Gasteiger charge is -2.18. The average Bonchev–Trinajstić information content (AvgIpc) is 2.63. The number of carbonyl (C=O) groups is 1. The molecule has 1 aromatic heterocycles. The van der Waals surface area contributed by atoms with Gasteiger partial charge in [0.05, 0.1) is 11.3 Å². The van der Waals surface area contributed by atoms with Crippen molar-refractivity contribution in [3.8, 4) is 0 Å².